The van der Waals surface area contributed by atoms with Gasteiger partial charge in [0.1, 0.15) is 5.69 Å². The number of nitrogens with one attached hydrogen (secondary N) is 1. The summed E-state index contributed by atoms with van der Waals surface area (Å²) < 4.78 is 6.41. The number of benzene rings is 1. The van der Waals surface area contributed by atoms with Crippen LogP contribution in [-0.4, -0.2) is 30.1 Å². The van der Waals surface area contributed by atoms with E-state index in [0.717, 1.165) is 5.56 Å². The fourth-order valence-electron chi connectivity index (χ4n) is 2.01. The van der Waals surface area contributed by atoms with Crippen LogP contribution in [-0.2, 0) is 16.1 Å². The number of hydrogen-bond acceptors (Lipinski definition) is 3. The van der Waals surface area contributed by atoms with Gasteiger partial charge in [0.2, 0.25) is 0 Å². The lowest BCUT2D eigenvalue weighted by atomic mass is 10.2. The van der Waals surface area contributed by atoms with Crippen molar-refractivity contribution in [2.24, 2.45) is 0 Å². The Hall–Kier alpha value is -2.56. The van der Waals surface area contributed by atoms with Gasteiger partial charge in [-0.05, 0) is 17.7 Å². The van der Waals surface area contributed by atoms with E-state index < -0.39 is 0 Å². The van der Waals surface area contributed by atoms with Gasteiger partial charge in [-0.2, -0.15) is 0 Å². The number of carbonyl (C=O) groups is 2. The lowest BCUT2D eigenvalue weighted by Gasteiger charge is -2.09. The Labute approximate surface area is 123 Å². The number of nitrogens with zero attached hydrogens (tertiary/aromatic N) is 1. The normalized spacial score (nSPS) is 10.1. The minimum atomic E-state index is -0.338. The van der Waals surface area contributed by atoms with Crippen LogP contribution in [0.5, 0.6) is 0 Å². The molecule has 1 aromatic heterocycles. The van der Waals surface area contributed by atoms with Crippen molar-refractivity contribution in [3.05, 3.63) is 59.9 Å². The van der Waals surface area contributed by atoms with Crippen molar-refractivity contribution in [1.82, 2.24) is 9.88 Å². The molecule has 1 aromatic carbocycles. The molecule has 21 heavy (non-hydrogen) atoms. The van der Waals surface area contributed by atoms with Gasteiger partial charge in [-0.3, -0.25) is 9.59 Å². The Morgan fingerprint density at radius 2 is 1.90 bits per heavy atom. The second kappa shape index (κ2) is 7.28. The average molecular weight is 286 g/mol. The Balaban J connectivity index is 1.96. The molecular formula is C16H18N2O3. The maximum atomic E-state index is 12.1. The number of hydrogen-bond donors (Lipinski definition) is 1. The molecule has 2 rings (SSSR count). The van der Waals surface area contributed by atoms with Gasteiger partial charge >= 0.3 is 5.97 Å². The molecule has 1 N–H and O–H groups in total. The molecule has 5 heteroatoms. The van der Waals surface area contributed by atoms with Crippen molar-refractivity contribution in [1.29, 1.82) is 0 Å². The van der Waals surface area contributed by atoms with Gasteiger partial charge in [0, 0.05) is 19.3 Å². The first-order valence-electron chi connectivity index (χ1n) is 6.75. The molecule has 0 fully saturated rings. The van der Waals surface area contributed by atoms with E-state index in [1.54, 1.807) is 6.07 Å². The largest absolute Gasteiger partial charge is 0.469 e. The van der Waals surface area contributed by atoms with E-state index in [-0.39, 0.29) is 24.8 Å². The molecule has 2 aromatic rings. The summed E-state index contributed by atoms with van der Waals surface area (Å²) in [7, 11) is 1.33. The maximum absolute atomic E-state index is 12.1. The lowest BCUT2D eigenvalue weighted by molar-refractivity contribution is -0.140. The predicted octanol–water partition coefficient (Wildman–Crippen LogP) is 1.83. The van der Waals surface area contributed by atoms with E-state index in [1.165, 1.54) is 7.11 Å². The molecule has 0 aliphatic carbocycles. The zero-order valence-electron chi connectivity index (χ0n) is 11.9. The summed E-state index contributed by atoms with van der Waals surface area (Å²) in [6.45, 7) is 0.898. The fraction of sp³-hybridized carbons (Fsp3) is 0.250. The zero-order chi connectivity index (χ0) is 15.1. The maximum Gasteiger partial charge on any atom is 0.307 e. The Morgan fingerprint density at radius 3 is 2.62 bits per heavy atom. The van der Waals surface area contributed by atoms with E-state index >= 15 is 0 Å². The van der Waals surface area contributed by atoms with Gasteiger partial charge in [-0.25, -0.2) is 0 Å². The highest BCUT2D eigenvalue weighted by Crippen LogP contribution is 2.07. The number of carbonyl (C=O) groups excluding carboxylic acids is 2. The third-order valence-electron chi connectivity index (χ3n) is 3.10. The molecule has 5 nitrogen and oxygen atoms in total. The van der Waals surface area contributed by atoms with Crippen LogP contribution in [0, 0.1) is 0 Å². The predicted molar refractivity (Wildman–Crippen MR) is 78.9 cm³/mol. The van der Waals surface area contributed by atoms with Crippen molar-refractivity contribution in [2.75, 3.05) is 13.7 Å². The van der Waals surface area contributed by atoms with Crippen LogP contribution in [0.3, 0.4) is 0 Å². The molecule has 0 spiro atoms. The summed E-state index contributed by atoms with van der Waals surface area (Å²) in [5.41, 5.74) is 1.70. The number of esters is 1. The van der Waals surface area contributed by atoms with E-state index in [2.05, 4.69) is 10.1 Å². The monoisotopic (exact) mass is 286 g/mol. The topological polar surface area (TPSA) is 60.3 Å². The highest BCUT2D eigenvalue weighted by molar-refractivity contribution is 5.92. The van der Waals surface area contributed by atoms with Gasteiger partial charge in [0.25, 0.3) is 5.91 Å². The summed E-state index contributed by atoms with van der Waals surface area (Å²) >= 11 is 0. The molecule has 0 radical (unpaired) electrons. The van der Waals surface area contributed by atoms with Gasteiger partial charge in [0.15, 0.2) is 0 Å². The van der Waals surface area contributed by atoms with Crippen molar-refractivity contribution in [3.8, 4) is 0 Å². The molecule has 0 unspecified atom stereocenters. The smallest absolute Gasteiger partial charge is 0.307 e. The number of aromatic nitrogens is 1. The number of rotatable bonds is 6. The van der Waals surface area contributed by atoms with Gasteiger partial charge in [0.05, 0.1) is 13.5 Å². The first-order valence-corrected chi connectivity index (χ1v) is 6.75. The summed E-state index contributed by atoms with van der Waals surface area (Å²) in [5.74, 6) is -0.533. The molecule has 110 valence electrons. The summed E-state index contributed by atoms with van der Waals surface area (Å²) in [6, 6.07) is 13.5. The molecule has 0 aliphatic heterocycles. The molecular weight excluding hydrogens is 268 g/mol. The van der Waals surface area contributed by atoms with Crippen molar-refractivity contribution >= 4 is 11.9 Å². The first-order chi connectivity index (χ1) is 10.2. The second-order valence-corrected chi connectivity index (χ2v) is 4.59. The van der Waals surface area contributed by atoms with E-state index in [4.69, 9.17) is 0 Å². The lowest BCUT2D eigenvalue weighted by Crippen LogP contribution is -2.28. The highest BCUT2D eigenvalue weighted by Gasteiger charge is 2.11. The first kappa shape index (κ1) is 14.8. The van der Waals surface area contributed by atoms with Crippen molar-refractivity contribution < 1.29 is 14.3 Å². The van der Waals surface area contributed by atoms with Crippen LogP contribution in [0.15, 0.2) is 48.7 Å². The van der Waals surface area contributed by atoms with Crippen LogP contribution in [0.25, 0.3) is 0 Å². The molecule has 0 bridgehead atoms. The van der Waals surface area contributed by atoms with Gasteiger partial charge in [-0.15, -0.1) is 0 Å². The number of ether oxygens (including phenoxy) is 1. The summed E-state index contributed by atoms with van der Waals surface area (Å²) in [6.07, 6.45) is 2.03. The van der Waals surface area contributed by atoms with E-state index in [0.29, 0.717) is 12.2 Å². The average Bonchev–Trinajstić information content (AvgIpc) is 2.96. The molecule has 1 amide bonds. The Bertz CT molecular complexity index is 605. The molecule has 0 saturated heterocycles. The number of methoxy groups -OCH3 is 1. The van der Waals surface area contributed by atoms with E-state index in [1.807, 2.05) is 47.2 Å². The Morgan fingerprint density at radius 1 is 1.14 bits per heavy atom. The molecule has 0 atom stereocenters. The van der Waals surface area contributed by atoms with Crippen LogP contribution in [0.1, 0.15) is 22.5 Å². The molecule has 0 saturated carbocycles. The minimum absolute atomic E-state index is 0.168. The number of amides is 1. The van der Waals surface area contributed by atoms with E-state index in [9.17, 15) is 9.59 Å². The SMILES string of the molecule is COC(=O)CCNC(=O)c1cccn1Cc1ccccc1. The molecule has 1 heterocycles. The highest BCUT2D eigenvalue weighted by atomic mass is 16.5. The minimum Gasteiger partial charge on any atom is -0.469 e. The standard InChI is InChI=1S/C16H18N2O3/c1-21-15(19)9-10-17-16(20)14-8-5-11-18(14)12-13-6-3-2-4-7-13/h2-8,11H,9-10,12H2,1H3,(H,17,20). The van der Waals surface area contributed by atoms with Crippen molar-refractivity contribution in [2.45, 2.75) is 13.0 Å². The second-order valence-electron chi connectivity index (χ2n) is 4.59. The quantitative estimate of drug-likeness (QED) is 0.824. The summed E-state index contributed by atoms with van der Waals surface area (Å²) in [5, 5.41) is 2.72. The van der Waals surface area contributed by atoms with Crippen LogP contribution < -0.4 is 5.32 Å². The molecule has 0 aliphatic rings. The Kier molecular flexibility index (Phi) is 5.15. The summed E-state index contributed by atoms with van der Waals surface area (Å²) in [4.78, 5) is 23.1. The van der Waals surface area contributed by atoms with Crippen LogP contribution in [0.2, 0.25) is 0 Å². The van der Waals surface area contributed by atoms with Gasteiger partial charge in [-0.1, -0.05) is 30.3 Å². The van der Waals surface area contributed by atoms with Crippen LogP contribution in [0.4, 0.5) is 0 Å². The van der Waals surface area contributed by atoms with Crippen LogP contribution >= 0.6 is 0 Å². The van der Waals surface area contributed by atoms with Gasteiger partial charge < -0.3 is 14.6 Å². The third-order valence-corrected chi connectivity index (χ3v) is 3.10. The fourth-order valence-corrected chi connectivity index (χ4v) is 2.01. The third kappa shape index (κ3) is 4.21. The van der Waals surface area contributed by atoms with Crippen molar-refractivity contribution in [3.63, 3.8) is 0 Å². The zero-order valence-corrected chi connectivity index (χ0v) is 11.9.